The normalized spacial score (nSPS) is 21.2. The van der Waals surface area contributed by atoms with Crippen LogP contribution in [0.1, 0.15) is 37.7 Å². The third-order valence-corrected chi connectivity index (χ3v) is 4.03. The van der Waals surface area contributed by atoms with E-state index in [1.54, 1.807) is 0 Å². The number of para-hydroxylation sites is 1. The van der Waals surface area contributed by atoms with Gasteiger partial charge in [-0.15, -0.1) is 0 Å². The Morgan fingerprint density at radius 1 is 1.44 bits per heavy atom. The molecule has 0 amide bonds. The Labute approximate surface area is 109 Å². The zero-order valence-corrected chi connectivity index (χ0v) is 11.1. The van der Waals surface area contributed by atoms with Gasteiger partial charge in [-0.05, 0) is 18.9 Å². The first kappa shape index (κ1) is 13.4. The maximum absolute atomic E-state index is 9.70. The van der Waals surface area contributed by atoms with Crippen molar-refractivity contribution in [3.63, 3.8) is 0 Å². The molecule has 1 aliphatic rings. The van der Waals surface area contributed by atoms with Crippen LogP contribution in [0.15, 0.2) is 24.3 Å². The number of ether oxygens (including phenoxy) is 1. The fourth-order valence-corrected chi connectivity index (χ4v) is 2.95. The van der Waals surface area contributed by atoms with Gasteiger partial charge in [0.05, 0.1) is 6.61 Å². The Balaban J connectivity index is 2.14. The second-order valence-corrected chi connectivity index (χ2v) is 5.36. The van der Waals surface area contributed by atoms with Gasteiger partial charge in [-0.25, -0.2) is 0 Å². The predicted octanol–water partition coefficient (Wildman–Crippen LogP) is 2.29. The fourth-order valence-electron chi connectivity index (χ4n) is 2.95. The largest absolute Gasteiger partial charge is 0.493 e. The molecule has 18 heavy (non-hydrogen) atoms. The van der Waals surface area contributed by atoms with E-state index >= 15 is 0 Å². The van der Waals surface area contributed by atoms with Crippen molar-refractivity contribution in [1.29, 1.82) is 0 Å². The number of hydrogen-bond acceptors (Lipinski definition) is 3. The van der Waals surface area contributed by atoms with Crippen molar-refractivity contribution in [3.05, 3.63) is 29.8 Å². The van der Waals surface area contributed by atoms with Crippen LogP contribution in [0.3, 0.4) is 0 Å². The Hall–Kier alpha value is -1.06. The summed E-state index contributed by atoms with van der Waals surface area (Å²) in [4.78, 5) is 0. The van der Waals surface area contributed by atoms with Crippen LogP contribution in [-0.4, -0.2) is 24.9 Å². The molecule has 0 saturated heterocycles. The number of nitrogens with two attached hydrogens (primary N) is 1. The summed E-state index contributed by atoms with van der Waals surface area (Å²) < 4.78 is 5.70. The topological polar surface area (TPSA) is 55.5 Å². The molecule has 0 fully saturated rings. The minimum atomic E-state index is -0.153. The van der Waals surface area contributed by atoms with Crippen LogP contribution in [0.5, 0.6) is 5.75 Å². The van der Waals surface area contributed by atoms with E-state index in [0.29, 0.717) is 19.1 Å². The van der Waals surface area contributed by atoms with Gasteiger partial charge in [0, 0.05) is 30.0 Å². The van der Waals surface area contributed by atoms with Crippen molar-refractivity contribution >= 4 is 0 Å². The smallest absolute Gasteiger partial charge is 0.122 e. The third kappa shape index (κ3) is 2.52. The van der Waals surface area contributed by atoms with Gasteiger partial charge in [-0.2, -0.15) is 0 Å². The van der Waals surface area contributed by atoms with Crippen molar-refractivity contribution < 1.29 is 9.84 Å². The van der Waals surface area contributed by atoms with Crippen LogP contribution in [-0.2, 0) is 0 Å². The van der Waals surface area contributed by atoms with Crippen LogP contribution in [0.4, 0.5) is 0 Å². The summed E-state index contributed by atoms with van der Waals surface area (Å²) in [5.41, 5.74) is 7.01. The van der Waals surface area contributed by atoms with Crippen molar-refractivity contribution in [1.82, 2.24) is 0 Å². The molecule has 3 N–H and O–H groups in total. The van der Waals surface area contributed by atoms with Gasteiger partial charge in [0.2, 0.25) is 0 Å². The summed E-state index contributed by atoms with van der Waals surface area (Å²) in [7, 11) is 0. The van der Waals surface area contributed by atoms with Gasteiger partial charge in [-0.1, -0.05) is 31.5 Å². The molecular weight excluding hydrogens is 226 g/mol. The summed E-state index contributed by atoms with van der Waals surface area (Å²) in [5.74, 6) is 1.35. The van der Waals surface area contributed by atoms with Gasteiger partial charge in [0.1, 0.15) is 5.75 Å². The molecular formula is C15H23NO2. The second-order valence-electron chi connectivity index (χ2n) is 5.36. The number of fused-ring (bicyclic) bond motifs is 1. The SMILES string of the molecule is CCCC(CN)(CO)CC1COc2ccccc21. The molecule has 100 valence electrons. The van der Waals surface area contributed by atoms with E-state index in [1.807, 2.05) is 18.2 Å². The highest BCUT2D eigenvalue weighted by molar-refractivity contribution is 5.39. The minimum absolute atomic E-state index is 0.153. The van der Waals surface area contributed by atoms with E-state index < -0.39 is 0 Å². The predicted molar refractivity (Wildman–Crippen MR) is 72.8 cm³/mol. The molecule has 0 radical (unpaired) electrons. The van der Waals surface area contributed by atoms with E-state index in [1.165, 1.54) is 5.56 Å². The molecule has 1 aliphatic heterocycles. The first-order valence-corrected chi connectivity index (χ1v) is 6.77. The first-order chi connectivity index (χ1) is 8.74. The molecule has 0 aliphatic carbocycles. The number of aliphatic hydroxyl groups excluding tert-OH is 1. The highest BCUT2D eigenvalue weighted by Crippen LogP contribution is 2.41. The summed E-state index contributed by atoms with van der Waals surface area (Å²) in [5, 5.41) is 9.70. The molecule has 2 rings (SSSR count). The lowest BCUT2D eigenvalue weighted by atomic mass is 9.75. The van der Waals surface area contributed by atoms with Crippen molar-refractivity contribution in [2.45, 2.75) is 32.1 Å². The molecule has 0 saturated carbocycles. The number of benzene rings is 1. The van der Waals surface area contributed by atoms with Crippen molar-refractivity contribution in [2.24, 2.45) is 11.1 Å². The van der Waals surface area contributed by atoms with E-state index in [2.05, 4.69) is 13.0 Å². The Bertz CT molecular complexity index is 388. The maximum Gasteiger partial charge on any atom is 0.122 e. The molecule has 2 unspecified atom stereocenters. The maximum atomic E-state index is 9.70. The molecule has 1 aromatic rings. The Kier molecular flexibility index (Phi) is 4.25. The quantitative estimate of drug-likeness (QED) is 0.813. The average Bonchev–Trinajstić information content (AvgIpc) is 2.81. The van der Waals surface area contributed by atoms with Gasteiger partial charge in [0.15, 0.2) is 0 Å². The van der Waals surface area contributed by atoms with Gasteiger partial charge in [0.25, 0.3) is 0 Å². The highest BCUT2D eigenvalue weighted by Gasteiger charge is 2.34. The van der Waals surface area contributed by atoms with Crippen LogP contribution in [0.25, 0.3) is 0 Å². The summed E-state index contributed by atoms with van der Waals surface area (Å²) in [6.45, 7) is 3.55. The van der Waals surface area contributed by atoms with Crippen LogP contribution in [0.2, 0.25) is 0 Å². The molecule has 0 aromatic heterocycles. The molecule has 0 spiro atoms. The molecule has 1 aromatic carbocycles. The van der Waals surface area contributed by atoms with Crippen molar-refractivity contribution in [2.75, 3.05) is 19.8 Å². The van der Waals surface area contributed by atoms with E-state index in [9.17, 15) is 5.11 Å². The Morgan fingerprint density at radius 3 is 2.89 bits per heavy atom. The van der Waals surface area contributed by atoms with Gasteiger partial charge < -0.3 is 15.6 Å². The van der Waals surface area contributed by atoms with E-state index in [4.69, 9.17) is 10.5 Å². The molecule has 3 nitrogen and oxygen atoms in total. The van der Waals surface area contributed by atoms with Crippen LogP contribution >= 0.6 is 0 Å². The number of aliphatic hydroxyl groups is 1. The van der Waals surface area contributed by atoms with Gasteiger partial charge >= 0.3 is 0 Å². The molecule has 0 bridgehead atoms. The number of rotatable bonds is 6. The minimum Gasteiger partial charge on any atom is -0.493 e. The van der Waals surface area contributed by atoms with E-state index in [-0.39, 0.29) is 12.0 Å². The summed E-state index contributed by atoms with van der Waals surface area (Å²) in [6.07, 6.45) is 2.93. The lowest BCUT2D eigenvalue weighted by molar-refractivity contribution is 0.0996. The third-order valence-electron chi connectivity index (χ3n) is 4.03. The average molecular weight is 249 g/mol. The fraction of sp³-hybridized carbons (Fsp3) is 0.600. The lowest BCUT2D eigenvalue weighted by Crippen LogP contribution is -2.36. The summed E-state index contributed by atoms with van der Waals surface area (Å²) >= 11 is 0. The zero-order valence-electron chi connectivity index (χ0n) is 11.1. The monoisotopic (exact) mass is 249 g/mol. The second kappa shape index (κ2) is 5.72. The molecule has 3 heteroatoms. The number of hydrogen-bond donors (Lipinski definition) is 2. The zero-order chi connectivity index (χ0) is 13.0. The van der Waals surface area contributed by atoms with Crippen LogP contribution < -0.4 is 10.5 Å². The standard InChI is InChI=1S/C15H23NO2/c1-2-7-15(10-16,11-17)8-12-9-18-14-6-4-3-5-13(12)14/h3-6,12,17H,2,7-11,16H2,1H3. The lowest BCUT2D eigenvalue weighted by Gasteiger charge is -2.32. The van der Waals surface area contributed by atoms with E-state index in [0.717, 1.165) is 25.0 Å². The molecule has 2 atom stereocenters. The van der Waals surface area contributed by atoms with Gasteiger partial charge in [-0.3, -0.25) is 0 Å². The van der Waals surface area contributed by atoms with Crippen molar-refractivity contribution in [3.8, 4) is 5.75 Å². The highest BCUT2D eigenvalue weighted by atomic mass is 16.5. The van der Waals surface area contributed by atoms with Crippen LogP contribution in [0, 0.1) is 5.41 Å². The summed E-state index contributed by atoms with van der Waals surface area (Å²) in [6, 6.07) is 8.18. The molecule has 1 heterocycles. The first-order valence-electron chi connectivity index (χ1n) is 6.77. The Morgan fingerprint density at radius 2 is 2.22 bits per heavy atom.